The van der Waals surface area contributed by atoms with E-state index >= 15 is 0 Å². The van der Waals surface area contributed by atoms with Gasteiger partial charge in [0.1, 0.15) is 0 Å². The molecule has 1 aromatic carbocycles. The zero-order valence-corrected chi connectivity index (χ0v) is 15.4. The van der Waals surface area contributed by atoms with Gasteiger partial charge in [-0.25, -0.2) is 0 Å². The van der Waals surface area contributed by atoms with Gasteiger partial charge in [-0.1, -0.05) is 27.3 Å². The van der Waals surface area contributed by atoms with Crippen LogP contribution in [0.2, 0.25) is 0 Å². The summed E-state index contributed by atoms with van der Waals surface area (Å²) in [6.07, 6.45) is 0. The van der Waals surface area contributed by atoms with Crippen molar-refractivity contribution in [3.8, 4) is 5.88 Å². The lowest BCUT2D eigenvalue weighted by molar-refractivity contribution is 0.397. The second-order valence-corrected chi connectivity index (χ2v) is 7.07. The number of nitrogens with zero attached hydrogens (tertiary/aromatic N) is 2. The number of nitrogens with one attached hydrogen (secondary N) is 1. The van der Waals surface area contributed by atoms with Crippen molar-refractivity contribution in [3.05, 3.63) is 32.6 Å². The molecule has 0 bridgehead atoms. The van der Waals surface area contributed by atoms with Gasteiger partial charge in [-0.3, -0.25) is 0 Å². The number of hydrogen-bond donors (Lipinski definition) is 1. The number of hydrogen-bond acceptors (Lipinski definition) is 5. The molecular weight excluding hydrogens is 350 g/mol. The van der Waals surface area contributed by atoms with Crippen LogP contribution >= 0.6 is 27.3 Å². The van der Waals surface area contributed by atoms with Crippen molar-refractivity contribution in [2.24, 2.45) is 0 Å². The third-order valence-electron chi connectivity index (χ3n) is 3.15. The first-order chi connectivity index (χ1) is 9.92. The average molecular weight is 370 g/mol. The van der Waals surface area contributed by atoms with Gasteiger partial charge < -0.3 is 15.0 Å². The van der Waals surface area contributed by atoms with Crippen LogP contribution in [0.15, 0.2) is 16.6 Å². The van der Waals surface area contributed by atoms with Crippen LogP contribution < -0.4 is 15.0 Å². The van der Waals surface area contributed by atoms with Gasteiger partial charge in [-0.05, 0) is 37.1 Å². The van der Waals surface area contributed by atoms with E-state index < -0.39 is 0 Å². The highest BCUT2D eigenvalue weighted by Crippen LogP contribution is 2.32. The molecule has 0 spiro atoms. The van der Waals surface area contributed by atoms with E-state index in [0.29, 0.717) is 12.4 Å². The number of thiazole rings is 1. The Hall–Kier alpha value is -1.27. The van der Waals surface area contributed by atoms with E-state index in [9.17, 15) is 0 Å². The Morgan fingerprint density at radius 1 is 1.29 bits per heavy atom. The van der Waals surface area contributed by atoms with Gasteiger partial charge >= 0.3 is 0 Å². The van der Waals surface area contributed by atoms with E-state index in [2.05, 4.69) is 52.2 Å². The molecule has 2 aromatic rings. The molecule has 1 aromatic heterocycles. The Bertz CT molecular complexity index is 617. The monoisotopic (exact) mass is 369 g/mol. The van der Waals surface area contributed by atoms with Gasteiger partial charge in [0.25, 0.3) is 0 Å². The normalized spacial score (nSPS) is 10.6. The molecule has 0 aliphatic heterocycles. The Labute approximate surface area is 138 Å². The molecule has 0 atom stereocenters. The Morgan fingerprint density at radius 3 is 2.43 bits per heavy atom. The molecular formula is C15H20BrN3OS. The van der Waals surface area contributed by atoms with E-state index in [4.69, 9.17) is 4.74 Å². The molecule has 0 saturated carbocycles. The molecule has 21 heavy (non-hydrogen) atoms. The summed E-state index contributed by atoms with van der Waals surface area (Å²) < 4.78 is 6.47. The van der Waals surface area contributed by atoms with Crippen LogP contribution in [0.3, 0.4) is 0 Å². The zero-order valence-electron chi connectivity index (χ0n) is 13.0. The molecule has 0 aliphatic rings. The number of rotatable bonds is 5. The Balaban J connectivity index is 2.20. The zero-order chi connectivity index (χ0) is 15.6. The number of aromatic nitrogens is 1. The smallest absolute Gasteiger partial charge is 0.231 e. The van der Waals surface area contributed by atoms with E-state index in [1.165, 1.54) is 16.8 Å². The third-order valence-corrected chi connectivity index (χ3v) is 4.81. The highest BCUT2D eigenvalue weighted by atomic mass is 79.9. The van der Waals surface area contributed by atoms with Gasteiger partial charge in [0.05, 0.1) is 18.5 Å². The number of halogens is 1. The van der Waals surface area contributed by atoms with Crippen LogP contribution in [0.5, 0.6) is 5.88 Å². The van der Waals surface area contributed by atoms with Gasteiger partial charge in [-0.2, -0.15) is 4.98 Å². The summed E-state index contributed by atoms with van der Waals surface area (Å²) in [5, 5.41) is 4.45. The summed E-state index contributed by atoms with van der Waals surface area (Å²) in [5.41, 5.74) is 3.61. The first kappa shape index (κ1) is 16.1. The van der Waals surface area contributed by atoms with Gasteiger partial charge in [0, 0.05) is 24.3 Å². The van der Waals surface area contributed by atoms with Crippen LogP contribution in [-0.4, -0.2) is 26.2 Å². The minimum Gasteiger partial charge on any atom is -0.480 e. The van der Waals surface area contributed by atoms with Crippen molar-refractivity contribution in [2.45, 2.75) is 20.4 Å². The fourth-order valence-electron chi connectivity index (χ4n) is 2.15. The lowest BCUT2D eigenvalue weighted by Crippen LogP contribution is -2.07. The van der Waals surface area contributed by atoms with Crippen LogP contribution in [0.25, 0.3) is 0 Å². The van der Waals surface area contributed by atoms with Crippen LogP contribution in [0.1, 0.15) is 16.0 Å². The predicted octanol–water partition coefficient (Wildman–Crippen LogP) is 4.21. The number of methoxy groups -OCH3 is 1. The van der Waals surface area contributed by atoms with Gasteiger partial charge in [-0.15, -0.1) is 0 Å². The summed E-state index contributed by atoms with van der Waals surface area (Å²) in [7, 11) is 5.63. The lowest BCUT2D eigenvalue weighted by Gasteiger charge is -2.13. The van der Waals surface area contributed by atoms with Crippen LogP contribution in [0.4, 0.5) is 10.8 Å². The molecule has 1 N–H and O–H groups in total. The van der Waals surface area contributed by atoms with E-state index in [1.54, 1.807) is 18.4 Å². The lowest BCUT2D eigenvalue weighted by atomic mass is 10.1. The minimum absolute atomic E-state index is 0.698. The molecule has 4 nitrogen and oxygen atoms in total. The topological polar surface area (TPSA) is 37.4 Å². The van der Waals surface area contributed by atoms with Crippen molar-refractivity contribution in [3.63, 3.8) is 0 Å². The maximum absolute atomic E-state index is 5.37. The van der Waals surface area contributed by atoms with Crippen LogP contribution in [-0.2, 0) is 6.54 Å². The molecule has 6 heteroatoms. The van der Waals surface area contributed by atoms with Gasteiger partial charge in [0.2, 0.25) is 5.88 Å². The van der Waals surface area contributed by atoms with E-state index in [1.807, 2.05) is 19.0 Å². The summed E-state index contributed by atoms with van der Waals surface area (Å²) in [6.45, 7) is 4.92. The van der Waals surface area contributed by atoms with E-state index in [0.717, 1.165) is 14.5 Å². The highest BCUT2D eigenvalue weighted by Gasteiger charge is 2.13. The summed E-state index contributed by atoms with van der Waals surface area (Å²) in [5.74, 6) is 0.698. The maximum atomic E-state index is 5.37. The first-order valence-electron chi connectivity index (χ1n) is 6.64. The van der Waals surface area contributed by atoms with Gasteiger partial charge in [0.15, 0.2) is 5.13 Å². The van der Waals surface area contributed by atoms with Crippen molar-refractivity contribution in [1.82, 2.24) is 4.98 Å². The Morgan fingerprint density at radius 2 is 1.90 bits per heavy atom. The highest BCUT2D eigenvalue weighted by molar-refractivity contribution is 9.10. The maximum Gasteiger partial charge on any atom is 0.231 e. The van der Waals surface area contributed by atoms with Crippen molar-refractivity contribution >= 4 is 38.1 Å². The van der Waals surface area contributed by atoms with Crippen molar-refractivity contribution in [2.75, 3.05) is 31.4 Å². The van der Waals surface area contributed by atoms with E-state index in [-0.39, 0.29) is 0 Å². The first-order valence-corrected chi connectivity index (χ1v) is 8.25. The summed E-state index contributed by atoms with van der Waals surface area (Å²) >= 11 is 5.17. The molecule has 0 aliphatic carbocycles. The number of aryl methyl sites for hydroxylation is 2. The number of benzene rings is 1. The number of ether oxygens (including phenoxy) is 1. The standard InChI is InChI=1S/C15H20BrN3OS/c1-9-6-11(16)7-10(2)13(9)17-8-12-14(20-5)18-15(21-12)19(3)4/h6-7,17H,8H2,1-5H3. The molecule has 0 saturated heterocycles. The molecule has 114 valence electrons. The Kier molecular flexibility index (Phi) is 5.11. The number of anilines is 2. The molecule has 0 fully saturated rings. The summed E-state index contributed by atoms with van der Waals surface area (Å²) in [6, 6.07) is 4.23. The molecule has 0 unspecified atom stereocenters. The molecule has 1 heterocycles. The molecule has 0 amide bonds. The quantitative estimate of drug-likeness (QED) is 0.856. The fourth-order valence-corrected chi connectivity index (χ4v) is 3.73. The largest absolute Gasteiger partial charge is 0.480 e. The fraction of sp³-hybridized carbons (Fsp3) is 0.400. The van der Waals surface area contributed by atoms with Crippen molar-refractivity contribution < 1.29 is 4.74 Å². The minimum atomic E-state index is 0.698. The third kappa shape index (κ3) is 3.68. The SMILES string of the molecule is COc1nc(N(C)C)sc1CNc1c(C)cc(Br)cc1C. The predicted molar refractivity (Wildman–Crippen MR) is 93.9 cm³/mol. The average Bonchev–Trinajstić information content (AvgIpc) is 2.81. The van der Waals surface area contributed by atoms with Crippen LogP contribution in [0, 0.1) is 13.8 Å². The summed E-state index contributed by atoms with van der Waals surface area (Å²) in [4.78, 5) is 7.57. The second kappa shape index (κ2) is 6.66. The molecule has 0 radical (unpaired) electrons. The van der Waals surface area contributed by atoms with Crippen molar-refractivity contribution in [1.29, 1.82) is 0 Å². The molecule has 2 rings (SSSR count). The second-order valence-electron chi connectivity index (χ2n) is 5.09.